The third-order valence-corrected chi connectivity index (χ3v) is 4.70. The molecule has 110 valence electrons. The molecule has 0 fully saturated rings. The second kappa shape index (κ2) is 13.7. The summed E-state index contributed by atoms with van der Waals surface area (Å²) in [5, 5.41) is 0. The Hall–Kier alpha value is 0.270. The van der Waals surface area contributed by atoms with E-state index < -0.39 is 0 Å². The molecule has 0 amide bonds. The monoisotopic (exact) mass is 274 g/mol. The summed E-state index contributed by atoms with van der Waals surface area (Å²) in [6.45, 7) is 6.81. The van der Waals surface area contributed by atoms with Gasteiger partial charge in [0.2, 0.25) is 0 Å². The highest BCUT2D eigenvalue weighted by Crippen LogP contribution is 2.14. The van der Waals surface area contributed by atoms with Gasteiger partial charge in [0.05, 0.1) is 0 Å². The van der Waals surface area contributed by atoms with Crippen molar-refractivity contribution in [3.05, 3.63) is 0 Å². The van der Waals surface area contributed by atoms with E-state index in [9.17, 15) is 0 Å². The van der Waals surface area contributed by atoms with Crippen molar-refractivity contribution < 1.29 is 0 Å². The van der Waals surface area contributed by atoms with Gasteiger partial charge in [0.15, 0.2) is 0 Å². The predicted octanol–water partition coefficient (Wildman–Crippen LogP) is 4.35. The molecule has 1 unspecified atom stereocenters. The van der Waals surface area contributed by atoms with Gasteiger partial charge in [-0.05, 0) is 18.1 Å². The summed E-state index contributed by atoms with van der Waals surface area (Å²) < 4.78 is 0. The van der Waals surface area contributed by atoms with Gasteiger partial charge >= 0.3 is 0 Å². The predicted molar refractivity (Wildman–Crippen MR) is 85.9 cm³/mol. The molecule has 0 rings (SSSR count). The average molecular weight is 275 g/mol. The maximum absolute atomic E-state index is 5.61. The lowest BCUT2D eigenvalue weighted by molar-refractivity contribution is 0.492. The molecule has 0 aliphatic rings. The smallest absolute Gasteiger partial charge is 0.0301 e. The average Bonchev–Trinajstić information content (AvgIpc) is 2.35. The van der Waals surface area contributed by atoms with Gasteiger partial charge < -0.3 is 0 Å². The van der Waals surface area contributed by atoms with Gasteiger partial charge in [0, 0.05) is 11.8 Å². The van der Waals surface area contributed by atoms with Gasteiger partial charge in [0.1, 0.15) is 0 Å². The van der Waals surface area contributed by atoms with Crippen molar-refractivity contribution in [3.8, 4) is 0 Å². The summed E-state index contributed by atoms with van der Waals surface area (Å²) in [6.07, 6.45) is 10.9. The zero-order valence-corrected chi connectivity index (χ0v) is 13.5. The Morgan fingerprint density at radius 1 is 0.944 bits per heavy atom. The lowest BCUT2D eigenvalue weighted by Crippen LogP contribution is -2.37. The Balaban J connectivity index is 3.33. The van der Waals surface area contributed by atoms with Crippen LogP contribution in [0.1, 0.15) is 72.1 Å². The Bertz CT molecular complexity index is 163. The minimum absolute atomic E-state index is 0.504. The number of unbranched alkanes of at least 4 members (excludes halogenated alkanes) is 6. The molecule has 0 aromatic carbocycles. The molecule has 0 radical (unpaired) electrons. The van der Waals surface area contributed by atoms with E-state index in [0.717, 1.165) is 11.7 Å². The van der Waals surface area contributed by atoms with Crippen LogP contribution in [0.5, 0.6) is 0 Å². The number of thioether (sulfide) groups is 1. The number of rotatable bonds is 13. The van der Waals surface area contributed by atoms with Crippen LogP contribution < -0.4 is 11.3 Å². The van der Waals surface area contributed by atoms with E-state index in [2.05, 4.69) is 26.2 Å². The van der Waals surface area contributed by atoms with E-state index in [4.69, 9.17) is 5.84 Å². The molecule has 18 heavy (non-hydrogen) atoms. The van der Waals surface area contributed by atoms with Gasteiger partial charge in [-0.1, -0.05) is 65.7 Å². The van der Waals surface area contributed by atoms with E-state index >= 15 is 0 Å². The third-order valence-electron chi connectivity index (χ3n) is 3.16. The van der Waals surface area contributed by atoms with Crippen LogP contribution >= 0.6 is 11.8 Å². The molecule has 0 saturated heterocycles. The minimum atomic E-state index is 0.504. The molecule has 0 bridgehead atoms. The van der Waals surface area contributed by atoms with Crippen molar-refractivity contribution in [2.45, 2.75) is 78.2 Å². The normalized spacial score (nSPS) is 13.2. The van der Waals surface area contributed by atoms with Crippen LogP contribution in [0.25, 0.3) is 0 Å². The summed E-state index contributed by atoms with van der Waals surface area (Å²) >= 11 is 2.03. The molecule has 0 aliphatic carbocycles. The van der Waals surface area contributed by atoms with Crippen LogP contribution in [0.15, 0.2) is 0 Å². The molecule has 3 N–H and O–H groups in total. The molecular weight excluding hydrogens is 240 g/mol. The summed E-state index contributed by atoms with van der Waals surface area (Å²) in [5.41, 5.74) is 2.97. The van der Waals surface area contributed by atoms with Crippen molar-refractivity contribution >= 4 is 11.8 Å². The zero-order valence-electron chi connectivity index (χ0n) is 12.7. The quantitative estimate of drug-likeness (QED) is 0.298. The number of nitrogens with one attached hydrogen (secondary N) is 1. The van der Waals surface area contributed by atoms with Crippen LogP contribution in [0.2, 0.25) is 0 Å². The topological polar surface area (TPSA) is 38.0 Å². The second-order valence-electron chi connectivity index (χ2n) is 5.70. The molecule has 0 aliphatic heterocycles. The van der Waals surface area contributed by atoms with E-state index in [1.807, 2.05) is 11.8 Å². The van der Waals surface area contributed by atoms with Crippen LogP contribution in [0.4, 0.5) is 0 Å². The van der Waals surface area contributed by atoms with Crippen molar-refractivity contribution in [1.82, 2.24) is 5.43 Å². The fraction of sp³-hybridized carbons (Fsp3) is 1.00. The van der Waals surface area contributed by atoms with Crippen LogP contribution in [0.3, 0.4) is 0 Å². The van der Waals surface area contributed by atoms with Crippen molar-refractivity contribution in [3.63, 3.8) is 0 Å². The van der Waals surface area contributed by atoms with Crippen molar-refractivity contribution in [2.24, 2.45) is 11.8 Å². The summed E-state index contributed by atoms with van der Waals surface area (Å²) in [5.74, 6) is 8.79. The number of hydrogen-bond donors (Lipinski definition) is 2. The minimum Gasteiger partial charge on any atom is -0.271 e. The van der Waals surface area contributed by atoms with Gasteiger partial charge in [-0.2, -0.15) is 11.8 Å². The standard InChI is InChI=1S/C15H34N2S/c1-4-5-6-7-8-9-10-11-15(17-16)13-18-12-14(2)3/h14-15,17H,4-13,16H2,1-3H3. The third kappa shape index (κ3) is 12.7. The van der Waals surface area contributed by atoms with E-state index in [0.29, 0.717) is 6.04 Å². The van der Waals surface area contributed by atoms with Gasteiger partial charge in [-0.15, -0.1) is 0 Å². The van der Waals surface area contributed by atoms with Crippen LogP contribution in [-0.4, -0.2) is 17.5 Å². The fourth-order valence-corrected chi connectivity index (χ4v) is 3.16. The molecule has 1 atom stereocenters. The first-order valence-corrected chi connectivity index (χ1v) is 8.90. The number of nitrogens with two attached hydrogens (primary N) is 1. The Morgan fingerprint density at radius 2 is 1.56 bits per heavy atom. The first kappa shape index (κ1) is 18.3. The lowest BCUT2D eigenvalue weighted by atomic mass is 10.1. The maximum Gasteiger partial charge on any atom is 0.0301 e. The maximum atomic E-state index is 5.61. The SMILES string of the molecule is CCCCCCCCCC(CSCC(C)C)NN. The molecule has 0 aromatic heterocycles. The van der Waals surface area contributed by atoms with E-state index in [-0.39, 0.29) is 0 Å². The lowest BCUT2D eigenvalue weighted by Gasteiger charge is -2.16. The Kier molecular flexibility index (Phi) is 13.9. The first-order valence-electron chi connectivity index (χ1n) is 7.74. The molecule has 2 nitrogen and oxygen atoms in total. The fourth-order valence-electron chi connectivity index (χ4n) is 2.01. The van der Waals surface area contributed by atoms with Crippen molar-refractivity contribution in [1.29, 1.82) is 0 Å². The first-order chi connectivity index (χ1) is 8.70. The Labute approximate surface area is 119 Å². The number of hydrazine groups is 1. The highest BCUT2D eigenvalue weighted by Gasteiger charge is 2.06. The summed E-state index contributed by atoms with van der Waals surface area (Å²) in [4.78, 5) is 0. The Morgan fingerprint density at radius 3 is 2.11 bits per heavy atom. The van der Waals surface area contributed by atoms with E-state index in [1.165, 1.54) is 57.1 Å². The molecule has 0 saturated carbocycles. The van der Waals surface area contributed by atoms with Gasteiger partial charge in [0.25, 0.3) is 0 Å². The van der Waals surface area contributed by atoms with E-state index in [1.54, 1.807) is 0 Å². The van der Waals surface area contributed by atoms with Crippen LogP contribution in [-0.2, 0) is 0 Å². The summed E-state index contributed by atoms with van der Waals surface area (Å²) in [6, 6.07) is 0.504. The van der Waals surface area contributed by atoms with Gasteiger partial charge in [-0.25, -0.2) is 0 Å². The molecular formula is C15H34N2S. The van der Waals surface area contributed by atoms with Crippen molar-refractivity contribution in [2.75, 3.05) is 11.5 Å². The molecule has 0 heterocycles. The molecule has 3 heteroatoms. The highest BCUT2D eigenvalue weighted by atomic mass is 32.2. The largest absolute Gasteiger partial charge is 0.271 e. The van der Waals surface area contributed by atoms with Gasteiger partial charge in [-0.3, -0.25) is 11.3 Å². The summed E-state index contributed by atoms with van der Waals surface area (Å²) in [7, 11) is 0. The second-order valence-corrected chi connectivity index (χ2v) is 6.78. The number of hydrogen-bond acceptors (Lipinski definition) is 3. The highest BCUT2D eigenvalue weighted by molar-refractivity contribution is 7.99. The van der Waals surface area contributed by atoms with Crippen LogP contribution in [0, 0.1) is 5.92 Å². The zero-order chi connectivity index (χ0) is 13.6. The molecule has 0 spiro atoms. The molecule has 0 aromatic rings.